The predicted molar refractivity (Wildman–Crippen MR) is 90.9 cm³/mol. The monoisotopic (exact) mass is 410 g/mol. The Bertz CT molecular complexity index is 682. The lowest BCUT2D eigenvalue weighted by Crippen LogP contribution is -2.20. The number of nitrogens with one attached hydrogen (secondary N) is 2. The van der Waals surface area contributed by atoms with Gasteiger partial charge in [-0.05, 0) is 63.0 Å². The maximum absolute atomic E-state index is 12.0. The molecule has 0 heterocycles. The van der Waals surface area contributed by atoms with Gasteiger partial charge in [0.2, 0.25) is 0 Å². The number of carbonyl (C=O) groups excluding carboxylic acids is 2. The minimum Gasteiger partial charge on any atom is -0.308 e. The smallest absolute Gasteiger partial charge is 0.308 e. The van der Waals surface area contributed by atoms with Gasteiger partial charge in [-0.15, -0.1) is 0 Å². The van der Waals surface area contributed by atoms with Gasteiger partial charge in [0.15, 0.2) is 5.78 Å². The molecule has 2 N–H and O–H groups in total. The van der Waals surface area contributed by atoms with Crippen LogP contribution < -0.4 is 10.6 Å². The highest BCUT2D eigenvalue weighted by atomic mass is 79.9. The van der Waals surface area contributed by atoms with E-state index < -0.39 is 0 Å². The maximum Gasteiger partial charge on any atom is 0.323 e. The van der Waals surface area contributed by atoms with E-state index in [9.17, 15) is 9.59 Å². The van der Waals surface area contributed by atoms with E-state index >= 15 is 0 Å². The van der Waals surface area contributed by atoms with Crippen molar-refractivity contribution in [1.82, 2.24) is 0 Å². The Morgan fingerprint density at radius 2 is 1.57 bits per heavy atom. The van der Waals surface area contributed by atoms with E-state index in [2.05, 4.69) is 42.5 Å². The van der Waals surface area contributed by atoms with Gasteiger partial charge >= 0.3 is 6.03 Å². The number of halogens is 2. The number of carbonyl (C=O) groups is 2. The molecule has 6 heteroatoms. The van der Waals surface area contributed by atoms with Gasteiger partial charge in [-0.3, -0.25) is 4.79 Å². The molecule has 0 saturated heterocycles. The topological polar surface area (TPSA) is 58.2 Å². The Labute approximate surface area is 139 Å². The van der Waals surface area contributed by atoms with Crippen LogP contribution in [-0.2, 0) is 0 Å². The molecular weight excluding hydrogens is 400 g/mol. The molecule has 0 fully saturated rings. The van der Waals surface area contributed by atoms with Crippen molar-refractivity contribution in [3.8, 4) is 0 Å². The predicted octanol–water partition coefficient (Wildman–Crippen LogP) is 5.06. The van der Waals surface area contributed by atoms with Crippen LogP contribution in [0.3, 0.4) is 0 Å². The highest BCUT2D eigenvalue weighted by Crippen LogP contribution is 2.30. The van der Waals surface area contributed by atoms with Crippen molar-refractivity contribution in [2.75, 3.05) is 10.6 Å². The zero-order valence-corrected chi connectivity index (χ0v) is 14.3. The minimum atomic E-state index is -0.386. The van der Waals surface area contributed by atoms with E-state index in [-0.39, 0.29) is 11.8 Å². The molecule has 21 heavy (non-hydrogen) atoms. The number of Topliss-reactive ketones (excluding diaryl/α,β-unsaturated/α-hetero) is 1. The molecule has 0 radical (unpaired) electrons. The molecular formula is C15H12Br2N2O2. The lowest BCUT2D eigenvalue weighted by Gasteiger charge is -2.11. The van der Waals surface area contributed by atoms with Crippen molar-refractivity contribution in [3.05, 3.63) is 57.0 Å². The molecule has 2 amide bonds. The number of hydrogen-bond acceptors (Lipinski definition) is 2. The lowest BCUT2D eigenvalue weighted by atomic mass is 10.1. The van der Waals surface area contributed by atoms with E-state index in [4.69, 9.17) is 0 Å². The Morgan fingerprint density at radius 1 is 0.952 bits per heavy atom. The molecule has 0 aliphatic carbocycles. The fourth-order valence-electron chi connectivity index (χ4n) is 1.71. The second-order valence-electron chi connectivity index (χ2n) is 4.31. The van der Waals surface area contributed by atoms with E-state index in [0.717, 1.165) is 8.95 Å². The van der Waals surface area contributed by atoms with Gasteiger partial charge in [0.05, 0.1) is 5.69 Å². The van der Waals surface area contributed by atoms with Crippen molar-refractivity contribution in [1.29, 1.82) is 0 Å². The zero-order valence-electron chi connectivity index (χ0n) is 11.1. The van der Waals surface area contributed by atoms with Crippen LogP contribution in [0.25, 0.3) is 0 Å². The first-order valence-corrected chi connectivity index (χ1v) is 7.69. The van der Waals surface area contributed by atoms with E-state index in [1.807, 2.05) is 18.2 Å². The lowest BCUT2D eigenvalue weighted by molar-refractivity contribution is 0.101. The summed E-state index contributed by atoms with van der Waals surface area (Å²) in [4.78, 5) is 23.3. The van der Waals surface area contributed by atoms with Gasteiger partial charge in [-0.2, -0.15) is 0 Å². The summed E-state index contributed by atoms with van der Waals surface area (Å²) in [7, 11) is 0. The van der Waals surface area contributed by atoms with Crippen LogP contribution in [0.1, 0.15) is 17.3 Å². The molecule has 2 rings (SSSR count). The normalized spacial score (nSPS) is 10.0. The van der Waals surface area contributed by atoms with Crippen LogP contribution >= 0.6 is 31.9 Å². The number of urea groups is 1. The van der Waals surface area contributed by atoms with Gasteiger partial charge in [0.1, 0.15) is 0 Å². The van der Waals surface area contributed by atoms with Crippen molar-refractivity contribution < 1.29 is 9.59 Å². The second-order valence-corrected chi connectivity index (χ2v) is 6.02. The molecule has 0 saturated carbocycles. The summed E-state index contributed by atoms with van der Waals surface area (Å²) in [6.45, 7) is 1.48. The minimum absolute atomic E-state index is 0.0485. The number of para-hydroxylation sites is 1. The molecule has 108 valence electrons. The molecule has 2 aromatic carbocycles. The van der Waals surface area contributed by atoms with Gasteiger partial charge in [-0.25, -0.2) is 4.79 Å². The first-order valence-electron chi connectivity index (χ1n) is 6.10. The Hall–Kier alpha value is -1.66. The van der Waals surface area contributed by atoms with Crippen LogP contribution in [0, 0.1) is 0 Å². The van der Waals surface area contributed by atoms with E-state index in [0.29, 0.717) is 16.9 Å². The molecule has 0 unspecified atom stereocenters. The number of hydrogen-bond donors (Lipinski definition) is 2. The van der Waals surface area contributed by atoms with Crippen molar-refractivity contribution >= 4 is 55.0 Å². The first kappa shape index (κ1) is 15.7. The van der Waals surface area contributed by atoms with Gasteiger partial charge < -0.3 is 10.6 Å². The average molecular weight is 412 g/mol. The molecule has 0 aromatic heterocycles. The third kappa shape index (κ3) is 4.15. The number of ketones is 1. The summed E-state index contributed by atoms with van der Waals surface area (Å²) < 4.78 is 1.54. The van der Waals surface area contributed by atoms with Crippen LogP contribution in [0.4, 0.5) is 16.2 Å². The molecule has 0 spiro atoms. The third-order valence-electron chi connectivity index (χ3n) is 2.73. The van der Waals surface area contributed by atoms with Gasteiger partial charge in [0.25, 0.3) is 0 Å². The highest BCUT2D eigenvalue weighted by molar-refractivity contribution is 9.11. The standard InChI is InChI=1S/C15H12Br2N2O2/c1-9(20)10-4-2-5-11(8-10)18-15(21)19-14-12(16)6-3-7-13(14)17/h2-8H,1H3,(H2,18,19,21). The molecule has 0 aliphatic heterocycles. The average Bonchev–Trinajstić information content (AvgIpc) is 2.43. The van der Waals surface area contributed by atoms with Crippen LogP contribution in [0.2, 0.25) is 0 Å². The molecule has 0 aliphatic rings. The maximum atomic E-state index is 12.0. The number of amides is 2. The van der Waals surface area contributed by atoms with Gasteiger partial charge in [0, 0.05) is 20.2 Å². The Morgan fingerprint density at radius 3 is 2.19 bits per heavy atom. The van der Waals surface area contributed by atoms with Crippen molar-refractivity contribution in [2.45, 2.75) is 6.92 Å². The summed E-state index contributed by atoms with van der Waals surface area (Å²) in [6.07, 6.45) is 0. The van der Waals surface area contributed by atoms with E-state index in [1.165, 1.54) is 6.92 Å². The summed E-state index contributed by atoms with van der Waals surface area (Å²) in [5.41, 5.74) is 1.75. The fourth-order valence-corrected chi connectivity index (χ4v) is 2.91. The second kappa shape index (κ2) is 6.87. The molecule has 4 nitrogen and oxygen atoms in total. The zero-order chi connectivity index (χ0) is 15.4. The van der Waals surface area contributed by atoms with Crippen molar-refractivity contribution in [3.63, 3.8) is 0 Å². The highest BCUT2D eigenvalue weighted by Gasteiger charge is 2.09. The van der Waals surface area contributed by atoms with Gasteiger partial charge in [-0.1, -0.05) is 18.2 Å². The summed E-state index contributed by atoms with van der Waals surface area (Å²) in [5.74, 6) is -0.0485. The Kier molecular flexibility index (Phi) is 5.14. The summed E-state index contributed by atoms with van der Waals surface area (Å²) in [5, 5.41) is 5.44. The van der Waals surface area contributed by atoms with E-state index in [1.54, 1.807) is 24.3 Å². The summed E-state index contributed by atoms with van der Waals surface area (Å²) in [6, 6.07) is 11.9. The molecule has 0 bridgehead atoms. The quantitative estimate of drug-likeness (QED) is 0.693. The SMILES string of the molecule is CC(=O)c1cccc(NC(=O)Nc2c(Br)cccc2Br)c1. The summed E-state index contributed by atoms with van der Waals surface area (Å²) >= 11 is 6.75. The van der Waals surface area contributed by atoms with Crippen LogP contribution in [0.15, 0.2) is 51.4 Å². The Balaban J connectivity index is 2.12. The molecule has 2 aromatic rings. The number of rotatable bonds is 3. The largest absolute Gasteiger partial charge is 0.323 e. The van der Waals surface area contributed by atoms with Crippen molar-refractivity contribution in [2.24, 2.45) is 0 Å². The third-order valence-corrected chi connectivity index (χ3v) is 4.05. The fraction of sp³-hybridized carbons (Fsp3) is 0.0667. The van der Waals surface area contributed by atoms with Crippen LogP contribution in [0.5, 0.6) is 0 Å². The number of benzene rings is 2. The van der Waals surface area contributed by atoms with Crippen LogP contribution in [-0.4, -0.2) is 11.8 Å². The molecule has 0 atom stereocenters. The first-order chi connectivity index (χ1) is 9.97. The number of anilines is 2.